The van der Waals surface area contributed by atoms with Crippen molar-refractivity contribution >= 4 is 27.0 Å². The lowest BCUT2D eigenvalue weighted by atomic mass is 10.1. The number of benzene rings is 2. The second-order valence-electron chi connectivity index (χ2n) is 6.34. The zero-order valence-corrected chi connectivity index (χ0v) is 15.7. The number of nitrogens with zero attached hydrogens (tertiary/aromatic N) is 3. The molecule has 2 heterocycles. The molecule has 154 valence electrons. The quantitative estimate of drug-likeness (QED) is 0.518. The third kappa shape index (κ3) is 3.22. The fourth-order valence-electron chi connectivity index (χ4n) is 3.08. The molecule has 0 aliphatic carbocycles. The van der Waals surface area contributed by atoms with E-state index in [0.717, 1.165) is 34.6 Å². The molecule has 0 fully saturated rings. The Morgan fingerprint density at radius 1 is 1.03 bits per heavy atom. The molecule has 4 rings (SSSR count). The number of halogens is 3. The van der Waals surface area contributed by atoms with Crippen molar-refractivity contribution in [3.05, 3.63) is 72.7 Å². The Morgan fingerprint density at radius 3 is 2.33 bits per heavy atom. The first-order valence-electron chi connectivity index (χ1n) is 8.40. The Bertz CT molecular complexity index is 1370. The standard InChI is InChI=1S/C19H12F3N3O4S/c20-19(21,22)13-6-7-15-16(12-9-23-24(10-12)18(26)27)11-25(17(15)8-13)30(28,29)14-4-2-1-3-5-14/h1-11H,(H,26,27). The first kappa shape index (κ1) is 19.7. The minimum absolute atomic E-state index is 0.105. The number of carboxylic acid groups (broad SMARTS) is 1. The summed E-state index contributed by atoms with van der Waals surface area (Å²) >= 11 is 0. The Kier molecular flexibility index (Phi) is 4.42. The summed E-state index contributed by atoms with van der Waals surface area (Å²) in [5.41, 5.74) is -0.730. The Balaban J connectivity index is 2.02. The highest BCUT2D eigenvalue weighted by molar-refractivity contribution is 7.90. The van der Waals surface area contributed by atoms with Crippen LogP contribution in [0.3, 0.4) is 0 Å². The van der Waals surface area contributed by atoms with E-state index >= 15 is 0 Å². The van der Waals surface area contributed by atoms with Crippen LogP contribution < -0.4 is 0 Å². The SMILES string of the molecule is O=C(O)n1cc(-c2cn(S(=O)(=O)c3ccccc3)c3cc(C(F)(F)F)ccc23)cn1. The van der Waals surface area contributed by atoms with E-state index in [9.17, 15) is 26.4 Å². The fourth-order valence-corrected chi connectivity index (χ4v) is 4.46. The second-order valence-corrected chi connectivity index (χ2v) is 8.16. The van der Waals surface area contributed by atoms with Crippen LogP contribution in [0.4, 0.5) is 18.0 Å². The summed E-state index contributed by atoms with van der Waals surface area (Å²) in [4.78, 5) is 11.0. The molecule has 2 aromatic carbocycles. The summed E-state index contributed by atoms with van der Waals surface area (Å²) in [6.07, 6.45) is -2.53. The van der Waals surface area contributed by atoms with Crippen LogP contribution in [-0.2, 0) is 16.2 Å². The third-order valence-corrected chi connectivity index (χ3v) is 6.18. The van der Waals surface area contributed by atoms with Crippen molar-refractivity contribution in [1.82, 2.24) is 13.8 Å². The van der Waals surface area contributed by atoms with Gasteiger partial charge in [0, 0.05) is 28.9 Å². The van der Waals surface area contributed by atoms with E-state index in [4.69, 9.17) is 5.11 Å². The molecule has 0 aliphatic rings. The van der Waals surface area contributed by atoms with Gasteiger partial charge in [-0.3, -0.25) is 0 Å². The summed E-state index contributed by atoms with van der Waals surface area (Å²) < 4.78 is 67.4. The average Bonchev–Trinajstić information content (AvgIpc) is 3.32. The molecule has 0 aliphatic heterocycles. The molecule has 0 unspecified atom stereocenters. The predicted octanol–water partition coefficient (Wildman–Crippen LogP) is 4.29. The summed E-state index contributed by atoms with van der Waals surface area (Å²) in [5.74, 6) is 0. The predicted molar refractivity (Wildman–Crippen MR) is 101 cm³/mol. The summed E-state index contributed by atoms with van der Waals surface area (Å²) in [7, 11) is -4.22. The Labute approximate surface area is 167 Å². The van der Waals surface area contributed by atoms with Crippen LogP contribution in [-0.4, -0.2) is 33.4 Å². The molecule has 0 saturated carbocycles. The molecule has 30 heavy (non-hydrogen) atoms. The lowest BCUT2D eigenvalue weighted by Gasteiger charge is -2.10. The maximum absolute atomic E-state index is 13.3. The number of hydrogen-bond donors (Lipinski definition) is 1. The summed E-state index contributed by atoms with van der Waals surface area (Å²) in [6, 6.07) is 10.0. The lowest BCUT2D eigenvalue weighted by Crippen LogP contribution is -2.12. The van der Waals surface area contributed by atoms with Gasteiger partial charge in [0.25, 0.3) is 10.0 Å². The Morgan fingerprint density at radius 2 is 1.73 bits per heavy atom. The molecule has 0 radical (unpaired) electrons. The molecule has 11 heteroatoms. The molecular formula is C19H12F3N3O4S. The van der Waals surface area contributed by atoms with Crippen LogP contribution in [0.2, 0.25) is 0 Å². The smallest absolute Gasteiger partial charge is 0.432 e. The van der Waals surface area contributed by atoms with E-state index in [1.54, 1.807) is 6.07 Å². The minimum Gasteiger partial charge on any atom is -0.463 e. The average molecular weight is 435 g/mol. The van der Waals surface area contributed by atoms with Gasteiger partial charge in [0.15, 0.2) is 0 Å². The zero-order chi connectivity index (χ0) is 21.7. The van der Waals surface area contributed by atoms with Gasteiger partial charge >= 0.3 is 12.3 Å². The highest BCUT2D eigenvalue weighted by atomic mass is 32.2. The molecular weight excluding hydrogens is 423 g/mol. The van der Waals surface area contributed by atoms with Crippen LogP contribution in [0, 0.1) is 0 Å². The highest BCUT2D eigenvalue weighted by Crippen LogP contribution is 2.37. The van der Waals surface area contributed by atoms with Crippen molar-refractivity contribution in [3.8, 4) is 11.1 Å². The van der Waals surface area contributed by atoms with Crippen molar-refractivity contribution in [2.24, 2.45) is 0 Å². The van der Waals surface area contributed by atoms with E-state index in [2.05, 4.69) is 5.10 Å². The Hall–Kier alpha value is -3.60. The van der Waals surface area contributed by atoms with Crippen LogP contribution in [0.15, 0.2) is 72.0 Å². The van der Waals surface area contributed by atoms with Gasteiger partial charge in [-0.15, -0.1) is 0 Å². The van der Waals surface area contributed by atoms with Crippen molar-refractivity contribution < 1.29 is 31.5 Å². The molecule has 0 bridgehead atoms. The van der Waals surface area contributed by atoms with Crippen LogP contribution in [0.25, 0.3) is 22.0 Å². The fraction of sp³-hybridized carbons (Fsp3) is 0.0526. The van der Waals surface area contributed by atoms with E-state index < -0.39 is 27.9 Å². The number of hydrogen-bond acceptors (Lipinski definition) is 4. The van der Waals surface area contributed by atoms with Gasteiger partial charge in [-0.1, -0.05) is 24.3 Å². The van der Waals surface area contributed by atoms with E-state index in [1.165, 1.54) is 30.5 Å². The normalized spacial score (nSPS) is 12.4. The molecule has 2 aromatic heterocycles. The molecule has 0 amide bonds. The van der Waals surface area contributed by atoms with Crippen molar-refractivity contribution in [1.29, 1.82) is 0 Å². The van der Waals surface area contributed by atoms with Crippen LogP contribution in [0.5, 0.6) is 0 Å². The molecule has 0 atom stereocenters. The molecule has 4 aromatic rings. The molecule has 0 spiro atoms. The molecule has 1 N–H and O–H groups in total. The van der Waals surface area contributed by atoms with Gasteiger partial charge in [0.2, 0.25) is 0 Å². The molecule has 0 saturated heterocycles. The van der Waals surface area contributed by atoms with Crippen molar-refractivity contribution in [2.75, 3.05) is 0 Å². The minimum atomic E-state index is -4.67. The van der Waals surface area contributed by atoms with E-state index in [1.807, 2.05) is 0 Å². The largest absolute Gasteiger partial charge is 0.463 e. The van der Waals surface area contributed by atoms with Gasteiger partial charge in [-0.2, -0.15) is 23.0 Å². The van der Waals surface area contributed by atoms with Gasteiger partial charge in [-0.05, 0) is 24.3 Å². The zero-order valence-electron chi connectivity index (χ0n) is 14.9. The van der Waals surface area contributed by atoms with E-state index in [-0.39, 0.29) is 26.9 Å². The topological polar surface area (TPSA) is 94.2 Å². The van der Waals surface area contributed by atoms with Crippen LogP contribution >= 0.6 is 0 Å². The maximum atomic E-state index is 13.3. The van der Waals surface area contributed by atoms with Gasteiger partial charge in [0.1, 0.15) is 0 Å². The van der Waals surface area contributed by atoms with E-state index in [0.29, 0.717) is 4.68 Å². The van der Waals surface area contributed by atoms with Crippen molar-refractivity contribution in [2.45, 2.75) is 11.1 Å². The van der Waals surface area contributed by atoms with Crippen molar-refractivity contribution in [3.63, 3.8) is 0 Å². The van der Waals surface area contributed by atoms with Gasteiger partial charge in [0.05, 0.1) is 22.2 Å². The molecule has 7 nitrogen and oxygen atoms in total. The number of fused-ring (bicyclic) bond motifs is 1. The highest BCUT2D eigenvalue weighted by Gasteiger charge is 2.32. The van der Waals surface area contributed by atoms with Gasteiger partial charge in [-0.25, -0.2) is 17.2 Å². The number of aromatic nitrogens is 3. The number of carbonyl (C=O) groups is 1. The van der Waals surface area contributed by atoms with Gasteiger partial charge < -0.3 is 5.11 Å². The summed E-state index contributed by atoms with van der Waals surface area (Å²) in [6.45, 7) is 0. The number of rotatable bonds is 3. The monoisotopic (exact) mass is 435 g/mol. The third-order valence-electron chi connectivity index (χ3n) is 4.49. The number of alkyl halides is 3. The summed E-state index contributed by atoms with van der Waals surface area (Å²) in [5, 5.41) is 12.9. The maximum Gasteiger partial charge on any atom is 0.432 e. The second kappa shape index (κ2) is 6.73. The lowest BCUT2D eigenvalue weighted by molar-refractivity contribution is -0.137. The first-order valence-corrected chi connectivity index (χ1v) is 9.84. The first-order chi connectivity index (χ1) is 14.1. The van der Waals surface area contributed by atoms with Crippen LogP contribution in [0.1, 0.15) is 5.56 Å².